The zero-order valence-corrected chi connectivity index (χ0v) is 54.7. The number of benzene rings is 13. The number of ether oxygens (including phenoxy) is 2. The van der Waals surface area contributed by atoms with Crippen LogP contribution in [0.3, 0.4) is 0 Å². The Labute approximate surface area is 562 Å². The lowest BCUT2D eigenvalue weighted by Gasteiger charge is -2.32. The van der Waals surface area contributed by atoms with E-state index in [2.05, 4.69) is 55.4 Å². The van der Waals surface area contributed by atoms with E-state index in [1.165, 1.54) is 9.80 Å². The van der Waals surface area contributed by atoms with Crippen molar-refractivity contribution in [2.45, 2.75) is 79.1 Å². The van der Waals surface area contributed by atoms with Gasteiger partial charge in [-0.25, -0.2) is 19.6 Å². The van der Waals surface area contributed by atoms with Gasteiger partial charge >= 0.3 is 0 Å². The second-order valence-electron chi connectivity index (χ2n) is 27.0. The Morgan fingerprint density at radius 3 is 0.786 bits per heavy atom. The van der Waals surface area contributed by atoms with Crippen LogP contribution >= 0.6 is 0 Å². The standard InChI is InChI=1S/C84H60N4O10/c1-41(2)49-13-9-14-50(42(3)4)75(49)87-81(93)59-19-11-17-57-67(39-37-61(69(57)59)83(87)95)97-47-25-21-45(22-26-47)85-77(89)63-33-29-53-55-31-35-65-74-66(36-32-56(72(55)74)54-30-34-64(78(85)90)73(63)71(53)54)80(92)86(79(65)91)46-23-27-48(28-24-46)98-68-40-38-62-70-58(68)18-12-20-60(70)82(94)88(84(62)96)76-51(43(5)6)15-10-16-52(76)44(7)8/h9-44H,1-8H3. The molecule has 0 spiro atoms. The maximum Gasteiger partial charge on any atom is 0.266 e. The summed E-state index contributed by atoms with van der Waals surface area (Å²) >= 11 is 0. The minimum atomic E-state index is -0.515. The third kappa shape index (κ3) is 8.39. The van der Waals surface area contributed by atoms with E-state index in [9.17, 15) is 38.4 Å². The topological polar surface area (TPSA) is 168 Å². The minimum Gasteiger partial charge on any atom is -0.457 e. The van der Waals surface area contributed by atoms with Gasteiger partial charge < -0.3 is 9.47 Å². The highest BCUT2D eigenvalue weighted by Crippen LogP contribution is 2.50. The highest BCUT2D eigenvalue weighted by atomic mass is 16.5. The van der Waals surface area contributed by atoms with Crippen LogP contribution < -0.4 is 29.1 Å². The van der Waals surface area contributed by atoms with Crippen LogP contribution in [0.5, 0.6) is 23.0 Å². The molecule has 4 aliphatic heterocycles. The van der Waals surface area contributed by atoms with E-state index >= 15 is 0 Å². The van der Waals surface area contributed by atoms with Gasteiger partial charge in [0.1, 0.15) is 23.0 Å². The van der Waals surface area contributed by atoms with Crippen LogP contribution in [-0.2, 0) is 0 Å². The van der Waals surface area contributed by atoms with Crippen molar-refractivity contribution < 1.29 is 47.8 Å². The van der Waals surface area contributed by atoms with Gasteiger partial charge in [0.15, 0.2) is 0 Å². The molecular weight excluding hydrogens is 1220 g/mol. The summed E-state index contributed by atoms with van der Waals surface area (Å²) in [5.41, 5.74) is 8.39. The molecule has 0 fully saturated rings. The molecule has 0 atom stereocenters. The fourth-order valence-corrected chi connectivity index (χ4v) is 15.6. The molecule has 0 radical (unpaired) electrons. The number of nitrogens with zero attached hydrogens (tertiary/aromatic N) is 4. The Balaban J connectivity index is 0.638. The highest BCUT2D eigenvalue weighted by Gasteiger charge is 2.42. The van der Waals surface area contributed by atoms with Gasteiger partial charge in [0.05, 0.1) is 22.7 Å². The van der Waals surface area contributed by atoms with Crippen LogP contribution in [0.1, 0.15) is 184 Å². The van der Waals surface area contributed by atoms with Crippen molar-refractivity contribution in [3.05, 3.63) is 261 Å². The highest BCUT2D eigenvalue weighted by molar-refractivity contribution is 6.46. The van der Waals surface area contributed by atoms with E-state index in [4.69, 9.17) is 9.47 Å². The second kappa shape index (κ2) is 21.7. The Morgan fingerprint density at radius 2 is 0.490 bits per heavy atom. The summed E-state index contributed by atoms with van der Waals surface area (Å²) in [6.07, 6.45) is 0. The molecule has 0 bridgehead atoms. The first kappa shape index (κ1) is 59.6. The zero-order valence-electron chi connectivity index (χ0n) is 54.7. The van der Waals surface area contributed by atoms with Crippen LogP contribution in [0, 0.1) is 0 Å². The lowest BCUT2D eigenvalue weighted by molar-refractivity contribution is 0.0877. The molecule has 14 heteroatoms. The van der Waals surface area contributed by atoms with Crippen molar-refractivity contribution in [1.82, 2.24) is 0 Å². The summed E-state index contributed by atoms with van der Waals surface area (Å²) < 4.78 is 13.0. The van der Waals surface area contributed by atoms with Crippen molar-refractivity contribution >= 4 is 135 Å². The average molecular weight is 1290 g/mol. The monoisotopic (exact) mass is 1280 g/mol. The quantitative estimate of drug-likeness (QED) is 0.0652. The largest absolute Gasteiger partial charge is 0.457 e. The predicted molar refractivity (Wildman–Crippen MR) is 382 cm³/mol. The molecule has 98 heavy (non-hydrogen) atoms. The van der Waals surface area contributed by atoms with E-state index in [1.54, 1.807) is 121 Å². The molecule has 13 aromatic carbocycles. The SMILES string of the molecule is CC(C)c1cccc(C(C)C)c1N1C(=O)c2cccc3c(Oc4ccc(N5C(=O)c6ccc7c8ccc9c%10c(ccc(c%11ccc(c6c7%11)C5=O)c%108)C(=O)N(c5ccc(Oc6ccc7c8c(cccc68)C(=O)N(c6c(C(C)C)cccc6C(C)C)C7=O)cc5)C9=O)cc4)ccc(c23)C1=O. The summed E-state index contributed by atoms with van der Waals surface area (Å²) in [6.45, 7) is 16.4. The maximum atomic E-state index is 14.8. The number of carbonyl (C=O) groups is 8. The number of hydrogen-bond acceptors (Lipinski definition) is 10. The molecule has 0 aliphatic carbocycles. The number of carbonyl (C=O) groups excluding carboxylic acids is 8. The Kier molecular flexibility index (Phi) is 13.2. The van der Waals surface area contributed by atoms with Gasteiger partial charge in [0.2, 0.25) is 0 Å². The van der Waals surface area contributed by atoms with Crippen molar-refractivity contribution in [2.75, 3.05) is 19.6 Å². The number of amides is 8. The molecule has 8 amide bonds. The van der Waals surface area contributed by atoms with Gasteiger partial charge in [0, 0.05) is 76.8 Å². The molecule has 0 saturated carbocycles. The van der Waals surface area contributed by atoms with Gasteiger partial charge in [-0.15, -0.1) is 0 Å². The van der Waals surface area contributed by atoms with Gasteiger partial charge in [-0.05, 0) is 187 Å². The fraction of sp³-hybridized carbons (Fsp3) is 0.143. The number of rotatable bonds is 12. The molecule has 0 aromatic heterocycles. The molecule has 476 valence electrons. The maximum absolute atomic E-state index is 14.8. The number of anilines is 4. The van der Waals surface area contributed by atoms with Crippen molar-refractivity contribution in [3.63, 3.8) is 0 Å². The van der Waals surface area contributed by atoms with Crippen LogP contribution in [-0.4, -0.2) is 47.3 Å². The zero-order chi connectivity index (χ0) is 67.8. The lowest BCUT2D eigenvalue weighted by Crippen LogP contribution is -2.41. The number of para-hydroxylation sites is 2. The molecular formula is C84H60N4O10. The van der Waals surface area contributed by atoms with E-state index in [0.717, 1.165) is 53.6 Å². The third-order valence-corrected chi connectivity index (χ3v) is 20.1. The van der Waals surface area contributed by atoms with E-state index in [-0.39, 0.29) is 23.7 Å². The molecule has 0 N–H and O–H groups in total. The summed E-state index contributed by atoms with van der Waals surface area (Å²) in [5, 5.41) is 7.57. The van der Waals surface area contributed by atoms with Gasteiger partial charge in [-0.1, -0.05) is 140 Å². The molecule has 17 rings (SSSR count). The van der Waals surface area contributed by atoms with Crippen molar-refractivity contribution in [3.8, 4) is 23.0 Å². The normalized spacial score (nSPS) is 14.6. The summed E-state index contributed by atoms with van der Waals surface area (Å²) in [6, 6.07) is 57.0. The smallest absolute Gasteiger partial charge is 0.266 e. The first-order valence-corrected chi connectivity index (χ1v) is 33.0. The van der Waals surface area contributed by atoms with E-state index < -0.39 is 47.3 Å². The summed E-state index contributed by atoms with van der Waals surface area (Å²) in [4.78, 5) is 123. The van der Waals surface area contributed by atoms with Crippen molar-refractivity contribution in [2.24, 2.45) is 0 Å². The Hall–Kier alpha value is -12.2. The first-order valence-electron chi connectivity index (χ1n) is 33.0. The molecule has 0 saturated heterocycles. The molecule has 4 heterocycles. The van der Waals surface area contributed by atoms with Crippen molar-refractivity contribution in [1.29, 1.82) is 0 Å². The molecule has 14 nitrogen and oxygen atoms in total. The molecule has 13 aromatic rings. The Bertz CT molecular complexity index is 5270. The van der Waals surface area contributed by atoms with E-state index in [1.807, 2.05) is 72.8 Å². The molecule has 0 unspecified atom stereocenters. The summed E-state index contributed by atoms with van der Waals surface area (Å²) in [5.74, 6) is -1.89. The van der Waals surface area contributed by atoms with Crippen LogP contribution in [0.25, 0.3) is 64.6 Å². The second-order valence-corrected chi connectivity index (χ2v) is 27.0. The average Bonchev–Trinajstić information content (AvgIpc) is 0.693. The first-order chi connectivity index (χ1) is 47.3. The van der Waals surface area contributed by atoms with Crippen LogP contribution in [0.4, 0.5) is 22.7 Å². The molecule has 4 aliphatic rings. The van der Waals surface area contributed by atoms with Gasteiger partial charge in [-0.3, -0.25) is 38.4 Å². The van der Waals surface area contributed by atoms with Gasteiger partial charge in [0.25, 0.3) is 47.3 Å². The number of fused-ring (bicyclic) bond motifs is 2. The minimum absolute atomic E-state index is 0.0520. The van der Waals surface area contributed by atoms with E-state index in [0.29, 0.717) is 133 Å². The Morgan fingerprint density at radius 1 is 0.235 bits per heavy atom. The predicted octanol–water partition coefficient (Wildman–Crippen LogP) is 19.3. The number of hydrogen-bond donors (Lipinski definition) is 0. The fourth-order valence-electron chi connectivity index (χ4n) is 15.6. The van der Waals surface area contributed by atoms with Crippen LogP contribution in [0.2, 0.25) is 0 Å². The summed E-state index contributed by atoms with van der Waals surface area (Å²) in [7, 11) is 0. The van der Waals surface area contributed by atoms with Gasteiger partial charge in [-0.2, -0.15) is 0 Å². The number of imide groups is 4. The van der Waals surface area contributed by atoms with Crippen LogP contribution in [0.15, 0.2) is 194 Å². The third-order valence-electron chi connectivity index (χ3n) is 20.1. The lowest BCUT2D eigenvalue weighted by atomic mass is 9.82.